The summed E-state index contributed by atoms with van der Waals surface area (Å²) in [5, 5.41) is 9.16. The van der Waals surface area contributed by atoms with Crippen molar-refractivity contribution >= 4 is 11.6 Å². The number of nitrogens with one attached hydrogen (secondary N) is 1. The Morgan fingerprint density at radius 3 is 2.94 bits per heavy atom. The van der Waals surface area contributed by atoms with Gasteiger partial charge in [0.15, 0.2) is 23.3 Å². The number of hydrogen-bond acceptors (Lipinski definition) is 5. The predicted molar refractivity (Wildman–Crippen MR) is 59.4 cm³/mol. The van der Waals surface area contributed by atoms with E-state index < -0.39 is 11.6 Å². The third-order valence-electron chi connectivity index (χ3n) is 2.91. The van der Waals surface area contributed by atoms with Gasteiger partial charge in [-0.05, 0) is 12.8 Å². The summed E-state index contributed by atoms with van der Waals surface area (Å²) in [6.07, 6.45) is 1.61. The van der Waals surface area contributed by atoms with Crippen LogP contribution < -0.4 is 16.2 Å². The molecule has 4 N–H and O–H groups in total. The molecule has 0 saturated carbocycles. The molecular formula is C10H14F2N4O. The Balaban J connectivity index is 2.37. The van der Waals surface area contributed by atoms with Gasteiger partial charge in [0.2, 0.25) is 0 Å². The van der Waals surface area contributed by atoms with E-state index in [4.69, 9.17) is 10.9 Å². The minimum absolute atomic E-state index is 0.0240. The van der Waals surface area contributed by atoms with E-state index in [1.165, 1.54) is 0 Å². The van der Waals surface area contributed by atoms with Crippen molar-refractivity contribution in [3.05, 3.63) is 17.7 Å². The van der Waals surface area contributed by atoms with Gasteiger partial charge in [-0.1, -0.05) is 0 Å². The first kappa shape index (κ1) is 12.0. The number of halogens is 2. The Bertz CT molecular complexity index is 416. The quantitative estimate of drug-likeness (QED) is 0.536. The van der Waals surface area contributed by atoms with Gasteiger partial charge in [-0.15, -0.1) is 0 Å². The zero-order valence-corrected chi connectivity index (χ0v) is 9.16. The van der Waals surface area contributed by atoms with Gasteiger partial charge in [0.1, 0.15) is 0 Å². The summed E-state index contributed by atoms with van der Waals surface area (Å²) in [4.78, 5) is 5.43. The van der Waals surface area contributed by atoms with E-state index in [1.807, 2.05) is 0 Å². The van der Waals surface area contributed by atoms with Crippen LogP contribution in [-0.2, 0) is 0 Å². The molecule has 7 heteroatoms. The van der Waals surface area contributed by atoms with Crippen LogP contribution in [0.1, 0.15) is 12.8 Å². The van der Waals surface area contributed by atoms with E-state index in [1.54, 1.807) is 4.90 Å². The van der Waals surface area contributed by atoms with Gasteiger partial charge in [-0.2, -0.15) is 0 Å². The van der Waals surface area contributed by atoms with Crippen LogP contribution >= 0.6 is 0 Å². The molecule has 0 amide bonds. The number of aromatic nitrogens is 1. The van der Waals surface area contributed by atoms with E-state index >= 15 is 0 Å². The van der Waals surface area contributed by atoms with Crippen LogP contribution in [0, 0.1) is 11.6 Å². The molecule has 1 unspecified atom stereocenters. The fourth-order valence-corrected chi connectivity index (χ4v) is 2.06. The molecule has 17 heavy (non-hydrogen) atoms. The Labute approximate surface area is 97.2 Å². The Morgan fingerprint density at radius 1 is 1.53 bits per heavy atom. The van der Waals surface area contributed by atoms with Crippen molar-refractivity contribution in [1.82, 2.24) is 4.98 Å². The molecule has 0 radical (unpaired) electrons. The molecule has 1 aromatic rings. The van der Waals surface area contributed by atoms with Gasteiger partial charge in [0.25, 0.3) is 0 Å². The zero-order chi connectivity index (χ0) is 12.4. The molecule has 1 saturated heterocycles. The molecule has 1 aromatic heterocycles. The molecule has 2 heterocycles. The van der Waals surface area contributed by atoms with Gasteiger partial charge in [0, 0.05) is 12.6 Å². The van der Waals surface area contributed by atoms with Crippen LogP contribution in [0.4, 0.5) is 20.4 Å². The second-order valence-corrected chi connectivity index (χ2v) is 3.94. The molecule has 0 spiro atoms. The minimum Gasteiger partial charge on any atom is -0.394 e. The van der Waals surface area contributed by atoms with E-state index in [2.05, 4.69) is 10.4 Å². The number of hydrogen-bond donors (Lipinski definition) is 3. The number of pyridine rings is 1. The number of anilines is 2. The molecular weight excluding hydrogens is 230 g/mol. The number of rotatable bonds is 3. The highest BCUT2D eigenvalue weighted by Gasteiger charge is 2.28. The minimum atomic E-state index is -0.839. The summed E-state index contributed by atoms with van der Waals surface area (Å²) in [6, 6.07) is 0.567. The lowest BCUT2D eigenvalue weighted by molar-refractivity contribution is 0.265. The molecule has 5 nitrogen and oxygen atoms in total. The largest absolute Gasteiger partial charge is 0.394 e. The van der Waals surface area contributed by atoms with Crippen molar-refractivity contribution < 1.29 is 13.9 Å². The number of nitrogen functional groups attached to an aromatic ring is 1. The van der Waals surface area contributed by atoms with Gasteiger partial charge < -0.3 is 15.4 Å². The molecule has 0 bridgehead atoms. The fourth-order valence-electron chi connectivity index (χ4n) is 2.06. The van der Waals surface area contributed by atoms with Gasteiger partial charge in [-0.3, -0.25) is 0 Å². The smallest absolute Gasteiger partial charge is 0.178 e. The maximum Gasteiger partial charge on any atom is 0.178 e. The monoisotopic (exact) mass is 244 g/mol. The van der Waals surface area contributed by atoms with Crippen molar-refractivity contribution in [2.45, 2.75) is 18.9 Å². The van der Waals surface area contributed by atoms with Crippen molar-refractivity contribution in [2.75, 3.05) is 23.5 Å². The summed E-state index contributed by atoms with van der Waals surface area (Å²) in [6.45, 7) is 0.509. The molecule has 1 aliphatic heterocycles. The first-order valence-electron chi connectivity index (χ1n) is 5.37. The lowest BCUT2D eigenvalue weighted by atomic mass is 10.2. The highest BCUT2D eigenvalue weighted by atomic mass is 19.1. The molecule has 0 aromatic carbocycles. The molecule has 2 rings (SSSR count). The van der Waals surface area contributed by atoms with Crippen molar-refractivity contribution in [1.29, 1.82) is 0 Å². The van der Waals surface area contributed by atoms with Crippen LogP contribution in [0.3, 0.4) is 0 Å². The lowest BCUT2D eigenvalue weighted by Gasteiger charge is -2.24. The maximum absolute atomic E-state index is 13.6. The van der Waals surface area contributed by atoms with Crippen LogP contribution in [-0.4, -0.2) is 29.3 Å². The molecule has 1 atom stereocenters. The van der Waals surface area contributed by atoms with Crippen LogP contribution in [0.15, 0.2) is 6.07 Å². The number of nitrogens with zero attached hydrogens (tertiary/aromatic N) is 2. The lowest BCUT2D eigenvalue weighted by Crippen LogP contribution is -2.33. The fraction of sp³-hybridized carbons (Fsp3) is 0.500. The van der Waals surface area contributed by atoms with Crippen LogP contribution in [0.25, 0.3) is 0 Å². The number of nitrogens with two attached hydrogens (primary N) is 1. The average Bonchev–Trinajstić information content (AvgIpc) is 2.77. The normalized spacial score (nSPS) is 19.8. The average molecular weight is 244 g/mol. The van der Waals surface area contributed by atoms with E-state index in [0.29, 0.717) is 6.54 Å². The topological polar surface area (TPSA) is 74.4 Å². The first-order chi connectivity index (χ1) is 8.17. The van der Waals surface area contributed by atoms with Gasteiger partial charge >= 0.3 is 0 Å². The Hall–Kier alpha value is -1.47. The van der Waals surface area contributed by atoms with Gasteiger partial charge in [0.05, 0.1) is 12.6 Å². The highest BCUT2D eigenvalue weighted by Crippen LogP contribution is 2.28. The number of hydrazine groups is 1. The van der Waals surface area contributed by atoms with E-state index in [-0.39, 0.29) is 24.3 Å². The molecule has 1 aliphatic rings. The van der Waals surface area contributed by atoms with Crippen LogP contribution in [0.2, 0.25) is 0 Å². The van der Waals surface area contributed by atoms with Gasteiger partial charge in [-0.25, -0.2) is 19.6 Å². The second kappa shape index (κ2) is 4.80. The van der Waals surface area contributed by atoms with Crippen molar-refractivity contribution in [3.8, 4) is 0 Å². The Morgan fingerprint density at radius 2 is 2.29 bits per heavy atom. The molecule has 94 valence electrons. The number of aliphatic hydroxyl groups is 1. The second-order valence-electron chi connectivity index (χ2n) is 3.94. The van der Waals surface area contributed by atoms with Crippen molar-refractivity contribution in [3.63, 3.8) is 0 Å². The van der Waals surface area contributed by atoms with Crippen LogP contribution in [0.5, 0.6) is 0 Å². The Kier molecular flexibility index (Phi) is 3.39. The number of aliphatic hydroxyl groups excluding tert-OH is 1. The maximum atomic E-state index is 13.6. The molecule has 1 fully saturated rings. The SMILES string of the molecule is NNc1nc(N2CCCC2CO)c(F)cc1F. The van der Waals surface area contributed by atoms with E-state index in [0.717, 1.165) is 18.9 Å². The van der Waals surface area contributed by atoms with Crippen molar-refractivity contribution in [2.24, 2.45) is 5.84 Å². The van der Waals surface area contributed by atoms with E-state index in [9.17, 15) is 8.78 Å². The summed E-state index contributed by atoms with van der Waals surface area (Å²) in [5.41, 5.74) is 2.08. The summed E-state index contributed by atoms with van der Waals surface area (Å²) in [7, 11) is 0. The highest BCUT2D eigenvalue weighted by molar-refractivity contribution is 5.50. The third kappa shape index (κ3) is 2.16. The summed E-state index contributed by atoms with van der Waals surface area (Å²) in [5.74, 6) is 3.33. The summed E-state index contributed by atoms with van der Waals surface area (Å²) < 4.78 is 26.8. The standard InChI is InChI=1S/C10H14F2N4O/c11-7-4-8(12)10(14-9(7)15-13)16-3-1-2-6(16)5-17/h4,6,17H,1-3,5,13H2,(H,14,15). The molecule has 0 aliphatic carbocycles. The predicted octanol–water partition coefficient (Wildman–Crippen LogP) is 0.606. The zero-order valence-electron chi connectivity index (χ0n) is 9.16. The third-order valence-corrected chi connectivity index (χ3v) is 2.91. The summed E-state index contributed by atoms with van der Waals surface area (Å²) >= 11 is 0. The first-order valence-corrected chi connectivity index (χ1v) is 5.37.